The fraction of sp³-hybridized carbons (Fsp3) is 0.250. The summed E-state index contributed by atoms with van der Waals surface area (Å²) in [7, 11) is 0. The number of nitrogens with one attached hydrogen (secondary N) is 1. The summed E-state index contributed by atoms with van der Waals surface area (Å²) in [6.45, 7) is 1.94. The number of anilines is 2. The van der Waals surface area contributed by atoms with Crippen molar-refractivity contribution >= 4 is 11.4 Å². The zero-order chi connectivity index (χ0) is 14.0. The highest BCUT2D eigenvalue weighted by Gasteiger charge is 2.33. The molecule has 1 aromatic heterocycles. The Morgan fingerprint density at radius 3 is 2.68 bits per heavy atom. The third-order valence-corrected chi connectivity index (χ3v) is 2.47. The lowest BCUT2D eigenvalue weighted by molar-refractivity contribution is -0.136. The Morgan fingerprint density at radius 2 is 2.11 bits per heavy atom. The number of aromatic nitrogens is 1. The van der Waals surface area contributed by atoms with Crippen molar-refractivity contribution in [1.29, 1.82) is 0 Å². The molecule has 0 amide bonds. The van der Waals surface area contributed by atoms with E-state index in [4.69, 9.17) is 10.2 Å². The molecule has 0 unspecified atom stereocenters. The molecule has 0 fully saturated rings. The van der Waals surface area contributed by atoms with Crippen molar-refractivity contribution < 1.29 is 17.6 Å². The van der Waals surface area contributed by atoms with Crippen molar-refractivity contribution in [2.75, 3.05) is 11.1 Å². The molecule has 1 heterocycles. The zero-order valence-electron chi connectivity index (χ0n) is 10.1. The summed E-state index contributed by atoms with van der Waals surface area (Å²) in [6.07, 6.45) is -2.93. The standard InChI is InChI=1S/C12H12F3N3O/c1-7-5-18-11(19-7)6-17-8-2-3-10(16)9(4-8)12(13,14)15/h2-5,17H,6,16H2,1H3. The molecule has 2 rings (SSSR count). The predicted octanol–water partition coefficient (Wildman–Crippen LogP) is 3.20. The van der Waals surface area contributed by atoms with Crippen molar-refractivity contribution in [3.63, 3.8) is 0 Å². The molecular weight excluding hydrogens is 259 g/mol. The van der Waals surface area contributed by atoms with Crippen LogP contribution in [0.1, 0.15) is 17.2 Å². The molecule has 3 N–H and O–H groups in total. The van der Waals surface area contributed by atoms with Crippen LogP contribution >= 0.6 is 0 Å². The number of halogens is 3. The number of nitrogens with two attached hydrogens (primary N) is 1. The average molecular weight is 271 g/mol. The third kappa shape index (κ3) is 3.18. The van der Waals surface area contributed by atoms with Gasteiger partial charge in [0.1, 0.15) is 5.76 Å². The molecule has 0 bridgehead atoms. The number of aryl methyl sites for hydroxylation is 1. The second-order valence-corrected chi connectivity index (χ2v) is 4.02. The first-order valence-corrected chi connectivity index (χ1v) is 5.48. The topological polar surface area (TPSA) is 64.1 Å². The Hall–Kier alpha value is -2.18. The van der Waals surface area contributed by atoms with Gasteiger partial charge in [0.2, 0.25) is 5.89 Å². The summed E-state index contributed by atoms with van der Waals surface area (Å²) in [5.74, 6) is 1.05. The van der Waals surface area contributed by atoms with Crippen LogP contribution in [0.15, 0.2) is 28.8 Å². The van der Waals surface area contributed by atoms with Crippen molar-refractivity contribution in [1.82, 2.24) is 4.98 Å². The number of nitrogens with zero attached hydrogens (tertiary/aromatic N) is 1. The zero-order valence-corrected chi connectivity index (χ0v) is 10.1. The van der Waals surface area contributed by atoms with Gasteiger partial charge in [0, 0.05) is 11.4 Å². The number of hydrogen-bond acceptors (Lipinski definition) is 4. The van der Waals surface area contributed by atoms with Crippen LogP contribution < -0.4 is 11.1 Å². The van der Waals surface area contributed by atoms with E-state index < -0.39 is 11.7 Å². The van der Waals surface area contributed by atoms with Crippen molar-refractivity contribution in [2.24, 2.45) is 0 Å². The lowest BCUT2D eigenvalue weighted by atomic mass is 10.1. The van der Waals surface area contributed by atoms with Gasteiger partial charge < -0.3 is 15.5 Å². The summed E-state index contributed by atoms with van der Waals surface area (Å²) >= 11 is 0. The summed E-state index contributed by atoms with van der Waals surface area (Å²) in [5.41, 5.74) is 4.45. The highest BCUT2D eigenvalue weighted by atomic mass is 19.4. The molecule has 0 radical (unpaired) electrons. The Labute approximate surface area is 107 Å². The predicted molar refractivity (Wildman–Crippen MR) is 64.4 cm³/mol. The quantitative estimate of drug-likeness (QED) is 0.841. The number of benzene rings is 1. The van der Waals surface area contributed by atoms with Gasteiger partial charge in [0.25, 0.3) is 0 Å². The SMILES string of the molecule is Cc1cnc(CNc2ccc(N)c(C(F)(F)F)c2)o1. The van der Waals surface area contributed by atoms with Gasteiger partial charge in [-0.05, 0) is 25.1 Å². The maximum atomic E-state index is 12.7. The molecule has 0 saturated heterocycles. The van der Waals surface area contributed by atoms with Crippen LogP contribution in [0, 0.1) is 6.92 Å². The fourth-order valence-corrected chi connectivity index (χ4v) is 1.57. The summed E-state index contributed by atoms with van der Waals surface area (Å²) in [4.78, 5) is 3.94. The Bertz CT molecular complexity index is 578. The number of nitrogen functional groups attached to an aromatic ring is 1. The smallest absolute Gasteiger partial charge is 0.418 e. The van der Waals surface area contributed by atoms with E-state index in [0.717, 1.165) is 6.07 Å². The normalized spacial score (nSPS) is 11.6. The number of hydrogen-bond donors (Lipinski definition) is 2. The van der Waals surface area contributed by atoms with Gasteiger partial charge in [-0.25, -0.2) is 4.98 Å². The molecular formula is C12H12F3N3O. The highest BCUT2D eigenvalue weighted by molar-refractivity contribution is 5.58. The van der Waals surface area contributed by atoms with E-state index in [1.807, 2.05) is 0 Å². The largest absolute Gasteiger partial charge is 0.444 e. The number of alkyl halides is 3. The van der Waals surface area contributed by atoms with Gasteiger partial charge in [0.15, 0.2) is 0 Å². The summed E-state index contributed by atoms with van der Waals surface area (Å²) < 4.78 is 43.2. The van der Waals surface area contributed by atoms with Gasteiger partial charge in [-0.15, -0.1) is 0 Å². The monoisotopic (exact) mass is 271 g/mol. The van der Waals surface area contributed by atoms with E-state index >= 15 is 0 Å². The van der Waals surface area contributed by atoms with Gasteiger partial charge in [-0.2, -0.15) is 13.2 Å². The lowest BCUT2D eigenvalue weighted by Crippen LogP contribution is -2.10. The second kappa shape index (κ2) is 4.83. The van der Waals surface area contributed by atoms with Crippen LogP contribution in [0.3, 0.4) is 0 Å². The first-order chi connectivity index (χ1) is 8.86. The summed E-state index contributed by atoms with van der Waals surface area (Å²) in [5, 5.41) is 2.80. The van der Waals surface area contributed by atoms with E-state index in [9.17, 15) is 13.2 Å². The molecule has 0 spiro atoms. The van der Waals surface area contributed by atoms with Gasteiger partial charge >= 0.3 is 6.18 Å². The molecule has 19 heavy (non-hydrogen) atoms. The van der Waals surface area contributed by atoms with Crippen LogP contribution in [0.25, 0.3) is 0 Å². The molecule has 1 aromatic carbocycles. The first-order valence-electron chi connectivity index (χ1n) is 5.48. The van der Waals surface area contributed by atoms with E-state index in [1.54, 1.807) is 13.1 Å². The highest BCUT2D eigenvalue weighted by Crippen LogP contribution is 2.35. The van der Waals surface area contributed by atoms with Crippen LogP contribution in [0.5, 0.6) is 0 Å². The van der Waals surface area contributed by atoms with Crippen LogP contribution in [0.2, 0.25) is 0 Å². The van der Waals surface area contributed by atoms with Crippen LogP contribution in [0.4, 0.5) is 24.5 Å². The minimum absolute atomic E-state index is 0.203. The van der Waals surface area contributed by atoms with E-state index in [1.165, 1.54) is 12.1 Å². The molecule has 0 aliphatic carbocycles. The maximum absolute atomic E-state index is 12.7. The lowest BCUT2D eigenvalue weighted by Gasteiger charge is -2.12. The molecule has 102 valence electrons. The van der Waals surface area contributed by atoms with Crippen molar-refractivity contribution in [3.8, 4) is 0 Å². The Kier molecular flexibility index (Phi) is 3.37. The second-order valence-electron chi connectivity index (χ2n) is 4.02. The molecule has 0 aliphatic rings. The number of rotatable bonds is 3. The molecule has 0 saturated carbocycles. The Morgan fingerprint density at radius 1 is 1.37 bits per heavy atom. The molecule has 2 aromatic rings. The maximum Gasteiger partial charge on any atom is 0.418 e. The van der Waals surface area contributed by atoms with Crippen molar-refractivity contribution in [3.05, 3.63) is 41.6 Å². The molecule has 7 heteroatoms. The van der Waals surface area contributed by atoms with Gasteiger partial charge in [-0.3, -0.25) is 0 Å². The first kappa shape index (κ1) is 13.3. The van der Waals surface area contributed by atoms with Crippen LogP contribution in [-0.4, -0.2) is 4.98 Å². The minimum atomic E-state index is -4.47. The molecule has 4 nitrogen and oxygen atoms in total. The van der Waals surface area contributed by atoms with E-state index in [2.05, 4.69) is 10.3 Å². The minimum Gasteiger partial charge on any atom is -0.444 e. The van der Waals surface area contributed by atoms with E-state index in [0.29, 0.717) is 17.3 Å². The van der Waals surface area contributed by atoms with E-state index in [-0.39, 0.29) is 12.2 Å². The Balaban J connectivity index is 2.13. The van der Waals surface area contributed by atoms with Gasteiger partial charge in [0.05, 0.1) is 18.3 Å². The number of oxazole rings is 1. The van der Waals surface area contributed by atoms with Crippen LogP contribution in [-0.2, 0) is 12.7 Å². The molecule has 0 atom stereocenters. The fourth-order valence-electron chi connectivity index (χ4n) is 1.57. The summed E-state index contributed by atoms with van der Waals surface area (Å²) in [6, 6.07) is 3.65. The molecule has 0 aliphatic heterocycles. The van der Waals surface area contributed by atoms with Gasteiger partial charge in [-0.1, -0.05) is 0 Å². The third-order valence-electron chi connectivity index (χ3n) is 2.47. The van der Waals surface area contributed by atoms with Crippen molar-refractivity contribution in [2.45, 2.75) is 19.6 Å². The average Bonchev–Trinajstić information content (AvgIpc) is 2.72.